The third kappa shape index (κ3) is 5.46. The van der Waals surface area contributed by atoms with E-state index in [1.807, 2.05) is 24.8 Å². The molecule has 0 aliphatic carbocycles. The van der Waals surface area contributed by atoms with Gasteiger partial charge in [-0.2, -0.15) is 5.10 Å². The summed E-state index contributed by atoms with van der Waals surface area (Å²) in [5, 5.41) is 10.5. The van der Waals surface area contributed by atoms with E-state index in [-0.39, 0.29) is 17.8 Å². The molecule has 0 saturated carbocycles. The van der Waals surface area contributed by atoms with E-state index in [4.69, 9.17) is 0 Å². The summed E-state index contributed by atoms with van der Waals surface area (Å²) < 4.78 is 13.1. The van der Waals surface area contributed by atoms with Crippen LogP contribution in [0, 0.1) is 19.7 Å². The highest BCUT2D eigenvalue weighted by Crippen LogP contribution is 2.30. The highest BCUT2D eigenvalue weighted by molar-refractivity contribution is 5.77. The van der Waals surface area contributed by atoms with Crippen LogP contribution in [0.2, 0.25) is 0 Å². The Morgan fingerprint density at radius 3 is 2.69 bits per heavy atom. The highest BCUT2D eigenvalue weighted by Gasteiger charge is 2.32. The molecular formula is C23H28FN7O. The number of aromatic amines is 1. The number of nitrogens with zero attached hydrogens (tertiary/aromatic N) is 5. The zero-order valence-electron chi connectivity index (χ0n) is 18.4. The maximum Gasteiger partial charge on any atom is 0.223 e. The van der Waals surface area contributed by atoms with Crippen LogP contribution in [0.25, 0.3) is 0 Å². The van der Waals surface area contributed by atoms with Gasteiger partial charge in [-0.05, 0) is 56.9 Å². The molecule has 2 N–H and O–H groups in total. The van der Waals surface area contributed by atoms with Crippen LogP contribution in [0.15, 0.2) is 30.3 Å². The number of carbonyl (C=O) groups is 1. The average Bonchev–Trinajstić information content (AvgIpc) is 3.41. The van der Waals surface area contributed by atoms with E-state index in [0.29, 0.717) is 43.4 Å². The van der Waals surface area contributed by atoms with Crippen LogP contribution in [-0.2, 0) is 11.2 Å². The molecule has 1 aliphatic rings. The fourth-order valence-corrected chi connectivity index (χ4v) is 4.06. The minimum atomic E-state index is -0.260. The molecule has 0 radical (unpaired) electrons. The van der Waals surface area contributed by atoms with E-state index in [9.17, 15) is 9.18 Å². The Bertz CT molecular complexity index is 1050. The normalized spacial score (nSPS) is 15.8. The quantitative estimate of drug-likeness (QED) is 0.523. The number of likely N-dealkylation sites (tertiary alicyclic amines) is 1. The molecule has 3 aromatic rings. The number of carbonyl (C=O) groups excluding carboxylic acids is 1. The van der Waals surface area contributed by atoms with Gasteiger partial charge in [0.15, 0.2) is 5.82 Å². The molecule has 9 heteroatoms. The van der Waals surface area contributed by atoms with Gasteiger partial charge in [0.1, 0.15) is 11.6 Å². The predicted molar refractivity (Wildman–Crippen MR) is 119 cm³/mol. The summed E-state index contributed by atoms with van der Waals surface area (Å²) in [4.78, 5) is 28.1. The molecule has 1 saturated heterocycles. The lowest BCUT2D eigenvalue weighted by Crippen LogP contribution is -2.31. The Balaban J connectivity index is 1.29. The molecule has 3 heterocycles. The van der Waals surface area contributed by atoms with Gasteiger partial charge in [-0.3, -0.25) is 9.89 Å². The zero-order chi connectivity index (χ0) is 22.5. The van der Waals surface area contributed by atoms with Crippen molar-refractivity contribution in [2.75, 3.05) is 18.4 Å². The van der Waals surface area contributed by atoms with Crippen molar-refractivity contribution in [2.24, 2.45) is 0 Å². The fraction of sp³-hybridized carbons (Fsp3) is 0.435. The van der Waals surface area contributed by atoms with Crippen molar-refractivity contribution in [3.63, 3.8) is 0 Å². The molecule has 1 fully saturated rings. The van der Waals surface area contributed by atoms with Crippen LogP contribution in [0.1, 0.15) is 60.3 Å². The molecule has 1 unspecified atom stereocenters. The van der Waals surface area contributed by atoms with Gasteiger partial charge in [0, 0.05) is 37.3 Å². The molecule has 4 rings (SSSR count). The van der Waals surface area contributed by atoms with Crippen molar-refractivity contribution in [3.8, 4) is 0 Å². The summed E-state index contributed by atoms with van der Waals surface area (Å²) >= 11 is 0. The van der Waals surface area contributed by atoms with Crippen LogP contribution in [0.3, 0.4) is 0 Å². The topological polar surface area (TPSA) is 99.7 Å². The van der Waals surface area contributed by atoms with Gasteiger partial charge in [0.25, 0.3) is 0 Å². The van der Waals surface area contributed by atoms with Crippen molar-refractivity contribution < 1.29 is 9.18 Å². The van der Waals surface area contributed by atoms with Crippen molar-refractivity contribution in [1.82, 2.24) is 30.0 Å². The number of anilines is 1. The maximum absolute atomic E-state index is 13.1. The Hall–Kier alpha value is -3.36. The standard InChI is InChI=1S/C23H28FN7O/c1-15-13-16(2)27-23(26-15)25-11-3-6-21(32)31-12-4-5-19(31)22-28-20(29-30-22)14-17-7-9-18(24)10-8-17/h7-10,13,19H,3-6,11-12,14H2,1-2H3,(H,25,26,27)(H,28,29,30). The van der Waals surface area contributed by atoms with Crippen molar-refractivity contribution in [3.05, 3.63) is 64.7 Å². The lowest BCUT2D eigenvalue weighted by Gasteiger charge is -2.22. The molecule has 1 aliphatic heterocycles. The van der Waals surface area contributed by atoms with Gasteiger partial charge in [-0.1, -0.05) is 12.1 Å². The minimum Gasteiger partial charge on any atom is -0.354 e. The van der Waals surface area contributed by atoms with Crippen LogP contribution < -0.4 is 5.32 Å². The van der Waals surface area contributed by atoms with E-state index in [2.05, 4.69) is 30.5 Å². The summed E-state index contributed by atoms with van der Waals surface area (Å²) in [6.45, 7) is 5.23. The number of aryl methyl sites for hydroxylation is 2. The van der Waals surface area contributed by atoms with Crippen molar-refractivity contribution in [2.45, 2.75) is 52.0 Å². The zero-order valence-corrected chi connectivity index (χ0v) is 18.4. The third-order valence-electron chi connectivity index (χ3n) is 5.54. The molecular weight excluding hydrogens is 409 g/mol. The number of H-pyrrole nitrogens is 1. The second-order valence-corrected chi connectivity index (χ2v) is 8.19. The number of nitrogens with one attached hydrogen (secondary N) is 2. The van der Waals surface area contributed by atoms with E-state index >= 15 is 0 Å². The minimum absolute atomic E-state index is 0.101. The molecule has 0 spiro atoms. The molecule has 2 aromatic heterocycles. The van der Waals surface area contributed by atoms with Gasteiger partial charge in [-0.15, -0.1) is 0 Å². The molecule has 168 valence electrons. The number of rotatable bonds is 8. The monoisotopic (exact) mass is 437 g/mol. The first-order chi connectivity index (χ1) is 15.5. The van der Waals surface area contributed by atoms with Crippen LogP contribution >= 0.6 is 0 Å². The molecule has 0 bridgehead atoms. The van der Waals surface area contributed by atoms with E-state index in [1.165, 1.54) is 12.1 Å². The molecule has 32 heavy (non-hydrogen) atoms. The first-order valence-electron chi connectivity index (χ1n) is 11.0. The first-order valence-corrected chi connectivity index (χ1v) is 11.0. The summed E-state index contributed by atoms with van der Waals surface area (Å²) in [5.41, 5.74) is 2.79. The summed E-state index contributed by atoms with van der Waals surface area (Å²) in [5.74, 6) is 1.81. The number of halogens is 1. The van der Waals surface area contributed by atoms with Gasteiger partial charge in [0.2, 0.25) is 11.9 Å². The Labute approximate surface area is 186 Å². The van der Waals surface area contributed by atoms with E-state index in [0.717, 1.165) is 36.3 Å². The Morgan fingerprint density at radius 1 is 1.19 bits per heavy atom. The maximum atomic E-state index is 13.1. The number of amides is 1. The molecule has 1 aromatic carbocycles. The van der Waals surface area contributed by atoms with Gasteiger partial charge < -0.3 is 10.2 Å². The predicted octanol–water partition coefficient (Wildman–Crippen LogP) is 3.50. The van der Waals surface area contributed by atoms with Crippen LogP contribution in [0.4, 0.5) is 10.3 Å². The van der Waals surface area contributed by atoms with Gasteiger partial charge in [-0.25, -0.2) is 19.3 Å². The van der Waals surface area contributed by atoms with Crippen molar-refractivity contribution in [1.29, 1.82) is 0 Å². The lowest BCUT2D eigenvalue weighted by molar-refractivity contribution is -0.132. The van der Waals surface area contributed by atoms with Gasteiger partial charge in [0.05, 0.1) is 6.04 Å². The molecule has 1 atom stereocenters. The summed E-state index contributed by atoms with van der Waals surface area (Å²) in [7, 11) is 0. The van der Waals surface area contributed by atoms with Crippen molar-refractivity contribution >= 4 is 11.9 Å². The summed E-state index contributed by atoms with van der Waals surface area (Å²) in [6.07, 6.45) is 3.48. The SMILES string of the molecule is Cc1cc(C)nc(NCCCC(=O)N2CCCC2c2n[nH]c(Cc3ccc(F)cc3)n2)n1. The lowest BCUT2D eigenvalue weighted by atomic mass is 10.1. The fourth-order valence-electron chi connectivity index (χ4n) is 4.06. The second-order valence-electron chi connectivity index (χ2n) is 8.19. The Morgan fingerprint density at radius 2 is 1.94 bits per heavy atom. The van der Waals surface area contributed by atoms with E-state index in [1.54, 1.807) is 12.1 Å². The first kappa shape index (κ1) is 21.9. The number of benzene rings is 1. The molecule has 8 nitrogen and oxygen atoms in total. The average molecular weight is 438 g/mol. The van der Waals surface area contributed by atoms with Gasteiger partial charge >= 0.3 is 0 Å². The highest BCUT2D eigenvalue weighted by atomic mass is 19.1. The Kier molecular flexibility index (Phi) is 6.72. The largest absolute Gasteiger partial charge is 0.354 e. The smallest absolute Gasteiger partial charge is 0.223 e. The van der Waals surface area contributed by atoms with Crippen LogP contribution in [0.5, 0.6) is 0 Å². The third-order valence-corrected chi connectivity index (χ3v) is 5.54. The summed E-state index contributed by atoms with van der Waals surface area (Å²) in [6, 6.07) is 8.17. The number of hydrogen-bond donors (Lipinski definition) is 2. The van der Waals surface area contributed by atoms with E-state index < -0.39 is 0 Å². The van der Waals surface area contributed by atoms with Crippen LogP contribution in [-0.4, -0.2) is 49.0 Å². The second kappa shape index (κ2) is 9.84. The number of aromatic nitrogens is 5. The number of hydrogen-bond acceptors (Lipinski definition) is 6. The molecule has 1 amide bonds.